The molecule has 1 aliphatic rings. The number of piperidine rings is 1. The van der Waals surface area contributed by atoms with Crippen LogP contribution in [-0.2, 0) is 11.3 Å². The lowest BCUT2D eigenvalue weighted by atomic mass is 10.0. The van der Waals surface area contributed by atoms with Gasteiger partial charge in [-0.2, -0.15) is 0 Å². The molecule has 0 aromatic carbocycles. The van der Waals surface area contributed by atoms with Crippen LogP contribution in [0.25, 0.3) is 4.96 Å². The molecule has 1 amide bonds. The second kappa shape index (κ2) is 5.90. The van der Waals surface area contributed by atoms with Gasteiger partial charge in [-0.05, 0) is 25.9 Å². The lowest BCUT2D eigenvalue weighted by Crippen LogP contribution is -2.46. The zero-order chi connectivity index (χ0) is 13.9. The lowest BCUT2D eigenvalue weighted by Gasteiger charge is -2.33. The molecule has 108 valence electrons. The molecule has 7 heteroatoms. The average Bonchev–Trinajstić information content (AvgIpc) is 2.99. The fraction of sp³-hybridized carbons (Fsp3) is 0.538. The van der Waals surface area contributed by atoms with Crippen molar-refractivity contribution in [2.24, 2.45) is 5.73 Å². The summed E-state index contributed by atoms with van der Waals surface area (Å²) in [6, 6.07) is 0.406. The van der Waals surface area contributed by atoms with Gasteiger partial charge in [-0.3, -0.25) is 14.1 Å². The summed E-state index contributed by atoms with van der Waals surface area (Å²) in [5.74, 6) is -0.274. The summed E-state index contributed by atoms with van der Waals surface area (Å²) in [7, 11) is 0. The molecule has 1 fully saturated rings. The third kappa shape index (κ3) is 3.00. The van der Waals surface area contributed by atoms with Crippen LogP contribution in [0.1, 0.15) is 18.5 Å². The highest BCUT2D eigenvalue weighted by molar-refractivity contribution is 7.15. The smallest absolute Gasteiger partial charge is 0.231 e. The van der Waals surface area contributed by atoms with E-state index in [0.717, 1.165) is 36.6 Å². The van der Waals surface area contributed by atoms with Crippen LogP contribution in [0.5, 0.6) is 0 Å². The first-order valence-corrected chi connectivity index (χ1v) is 7.74. The lowest BCUT2D eigenvalue weighted by molar-refractivity contribution is -0.120. The minimum absolute atomic E-state index is 0.274. The van der Waals surface area contributed by atoms with E-state index in [-0.39, 0.29) is 5.91 Å². The molecule has 2 aromatic rings. The minimum Gasteiger partial charge on any atom is -0.369 e. The van der Waals surface area contributed by atoms with Gasteiger partial charge in [0.15, 0.2) is 4.96 Å². The second-order valence-corrected chi connectivity index (χ2v) is 6.05. The van der Waals surface area contributed by atoms with E-state index in [0.29, 0.717) is 19.1 Å². The van der Waals surface area contributed by atoms with E-state index < -0.39 is 0 Å². The van der Waals surface area contributed by atoms with Gasteiger partial charge < -0.3 is 11.1 Å². The minimum atomic E-state index is -0.274. The third-order valence-corrected chi connectivity index (χ3v) is 4.46. The molecule has 3 N–H and O–H groups in total. The predicted molar refractivity (Wildman–Crippen MR) is 78.6 cm³/mol. The summed E-state index contributed by atoms with van der Waals surface area (Å²) in [4.78, 5) is 19.0. The van der Waals surface area contributed by atoms with Crippen molar-refractivity contribution in [3.8, 4) is 0 Å². The number of rotatable bonds is 5. The number of nitrogens with zero attached hydrogens (tertiary/aromatic N) is 3. The molecular weight excluding hydrogens is 274 g/mol. The van der Waals surface area contributed by atoms with Gasteiger partial charge in [0.25, 0.3) is 0 Å². The molecule has 0 saturated carbocycles. The van der Waals surface area contributed by atoms with Crippen molar-refractivity contribution >= 4 is 22.2 Å². The van der Waals surface area contributed by atoms with Crippen molar-refractivity contribution in [2.75, 3.05) is 19.6 Å². The number of carbonyl (C=O) groups excluding carboxylic acids is 1. The molecule has 3 heterocycles. The Morgan fingerprint density at radius 1 is 1.55 bits per heavy atom. The Morgan fingerprint density at radius 2 is 2.35 bits per heavy atom. The highest BCUT2D eigenvalue weighted by atomic mass is 32.1. The highest BCUT2D eigenvalue weighted by Crippen LogP contribution is 2.17. The number of amides is 1. The van der Waals surface area contributed by atoms with Crippen molar-refractivity contribution < 1.29 is 4.79 Å². The third-order valence-electron chi connectivity index (χ3n) is 3.69. The Balaban J connectivity index is 1.74. The fourth-order valence-corrected chi connectivity index (χ4v) is 3.47. The van der Waals surface area contributed by atoms with Gasteiger partial charge in [-0.1, -0.05) is 0 Å². The molecule has 0 unspecified atom stereocenters. The van der Waals surface area contributed by atoms with Gasteiger partial charge in [0.2, 0.25) is 5.91 Å². The van der Waals surface area contributed by atoms with Crippen molar-refractivity contribution in [2.45, 2.75) is 25.4 Å². The van der Waals surface area contributed by atoms with Crippen molar-refractivity contribution in [3.05, 3.63) is 23.5 Å². The number of thiazole rings is 1. The zero-order valence-corrected chi connectivity index (χ0v) is 12.1. The van der Waals surface area contributed by atoms with Crippen LogP contribution in [0.15, 0.2) is 17.8 Å². The van der Waals surface area contributed by atoms with Gasteiger partial charge >= 0.3 is 0 Å². The number of nitrogens with two attached hydrogens (primary N) is 1. The number of primary amides is 1. The van der Waals surface area contributed by atoms with Gasteiger partial charge in [0.05, 0.1) is 12.2 Å². The SMILES string of the molecule is NC(=O)CN(Cc1cn2ccsc2n1)C1CCNCC1. The van der Waals surface area contributed by atoms with E-state index in [9.17, 15) is 4.79 Å². The van der Waals surface area contributed by atoms with Crippen LogP contribution in [0.2, 0.25) is 0 Å². The van der Waals surface area contributed by atoms with Crippen LogP contribution in [-0.4, -0.2) is 45.9 Å². The summed E-state index contributed by atoms with van der Waals surface area (Å²) in [5.41, 5.74) is 6.39. The Kier molecular flexibility index (Phi) is 4.00. The number of hydrogen-bond acceptors (Lipinski definition) is 5. The van der Waals surface area contributed by atoms with Crippen molar-refractivity contribution in [3.63, 3.8) is 0 Å². The molecule has 0 atom stereocenters. The summed E-state index contributed by atoms with van der Waals surface area (Å²) in [6.45, 7) is 2.98. The van der Waals surface area contributed by atoms with Crippen LogP contribution in [0, 0.1) is 0 Å². The Hall–Kier alpha value is -1.44. The zero-order valence-electron chi connectivity index (χ0n) is 11.3. The number of hydrogen-bond donors (Lipinski definition) is 2. The molecule has 0 aliphatic carbocycles. The first-order chi connectivity index (χ1) is 9.72. The van der Waals surface area contributed by atoms with Crippen LogP contribution in [0.3, 0.4) is 0 Å². The molecule has 0 radical (unpaired) electrons. The second-order valence-electron chi connectivity index (χ2n) is 5.18. The molecule has 1 aliphatic heterocycles. The molecule has 0 bridgehead atoms. The van der Waals surface area contributed by atoms with E-state index in [1.807, 2.05) is 22.2 Å². The fourth-order valence-electron chi connectivity index (χ4n) is 2.75. The van der Waals surface area contributed by atoms with Gasteiger partial charge in [-0.15, -0.1) is 11.3 Å². The Labute approximate surface area is 121 Å². The topological polar surface area (TPSA) is 75.7 Å². The summed E-state index contributed by atoms with van der Waals surface area (Å²) in [5, 5.41) is 5.36. The summed E-state index contributed by atoms with van der Waals surface area (Å²) in [6.07, 6.45) is 6.13. The van der Waals surface area contributed by atoms with Crippen LogP contribution >= 0.6 is 11.3 Å². The maximum atomic E-state index is 11.3. The molecule has 3 rings (SSSR count). The number of aromatic nitrogens is 2. The average molecular weight is 293 g/mol. The largest absolute Gasteiger partial charge is 0.369 e. The van der Waals surface area contributed by atoms with E-state index in [1.165, 1.54) is 0 Å². The maximum Gasteiger partial charge on any atom is 0.231 e. The number of nitrogens with one attached hydrogen (secondary N) is 1. The van der Waals surface area contributed by atoms with Crippen LogP contribution < -0.4 is 11.1 Å². The highest BCUT2D eigenvalue weighted by Gasteiger charge is 2.23. The molecular formula is C13H19N5OS. The predicted octanol–water partition coefficient (Wildman–Crippen LogP) is 0.435. The first kappa shape index (κ1) is 13.5. The molecule has 2 aromatic heterocycles. The van der Waals surface area contributed by atoms with Gasteiger partial charge in [-0.25, -0.2) is 4.98 Å². The van der Waals surface area contributed by atoms with Crippen LogP contribution in [0.4, 0.5) is 0 Å². The van der Waals surface area contributed by atoms with Gasteiger partial charge in [0.1, 0.15) is 0 Å². The normalized spacial score (nSPS) is 17.1. The van der Waals surface area contributed by atoms with E-state index in [2.05, 4.69) is 15.2 Å². The summed E-state index contributed by atoms with van der Waals surface area (Å²) < 4.78 is 2.02. The van der Waals surface area contributed by atoms with E-state index in [1.54, 1.807) is 11.3 Å². The molecule has 0 spiro atoms. The van der Waals surface area contributed by atoms with Crippen molar-refractivity contribution in [1.82, 2.24) is 19.6 Å². The molecule has 1 saturated heterocycles. The van der Waals surface area contributed by atoms with Crippen molar-refractivity contribution in [1.29, 1.82) is 0 Å². The Morgan fingerprint density at radius 3 is 3.05 bits per heavy atom. The maximum absolute atomic E-state index is 11.3. The number of imidazole rings is 1. The number of fused-ring (bicyclic) bond motifs is 1. The summed E-state index contributed by atoms with van der Waals surface area (Å²) >= 11 is 1.62. The molecule has 6 nitrogen and oxygen atoms in total. The Bertz CT molecular complexity index is 558. The monoisotopic (exact) mass is 293 g/mol. The number of carbonyl (C=O) groups is 1. The molecule has 20 heavy (non-hydrogen) atoms. The standard InChI is InChI=1S/C13H19N5OS/c14-12(19)9-18(11-1-3-15-4-2-11)8-10-7-17-5-6-20-13(17)16-10/h5-7,11,15H,1-4,8-9H2,(H2,14,19). The van der Waals surface area contributed by atoms with Gasteiger partial charge in [0, 0.05) is 30.4 Å². The quantitative estimate of drug-likeness (QED) is 0.838. The van der Waals surface area contributed by atoms with E-state index >= 15 is 0 Å². The van der Waals surface area contributed by atoms with E-state index in [4.69, 9.17) is 5.73 Å². The first-order valence-electron chi connectivity index (χ1n) is 6.86.